The number of primary amides is 1. The first-order valence-corrected chi connectivity index (χ1v) is 13.1. The zero-order valence-corrected chi connectivity index (χ0v) is 22.1. The average molecular weight is 538 g/mol. The van der Waals surface area contributed by atoms with Gasteiger partial charge in [0.25, 0.3) is 5.91 Å². The number of alkyl halides is 3. The van der Waals surface area contributed by atoms with Gasteiger partial charge in [0.2, 0.25) is 5.91 Å². The minimum Gasteiger partial charge on any atom is -0.368 e. The zero-order chi connectivity index (χ0) is 27.4. The molecule has 2 aliphatic heterocycles. The number of unbranched alkanes of at least 4 members (excludes halogenated alkanes) is 5. The quantitative estimate of drug-likeness (QED) is 0.328. The minimum atomic E-state index is -4.72. The van der Waals surface area contributed by atoms with Crippen LogP contribution in [0.3, 0.4) is 0 Å². The topological polar surface area (TPSA) is 93.7 Å². The van der Waals surface area contributed by atoms with Crippen molar-refractivity contribution in [2.75, 3.05) is 24.5 Å². The number of carbonyl (C=O) groups is 2. The molecule has 0 bridgehead atoms. The Morgan fingerprint density at radius 1 is 1.16 bits per heavy atom. The molecule has 0 spiro atoms. The summed E-state index contributed by atoms with van der Waals surface area (Å²) in [6.45, 7) is 5.76. The smallest absolute Gasteiger partial charge is 0.368 e. The van der Waals surface area contributed by atoms with Gasteiger partial charge in [-0.05, 0) is 83.0 Å². The van der Waals surface area contributed by atoms with Gasteiger partial charge in [-0.25, -0.2) is 0 Å². The maximum Gasteiger partial charge on any atom is 0.417 e. The van der Waals surface area contributed by atoms with Crippen molar-refractivity contribution >= 4 is 34.8 Å². The fourth-order valence-corrected chi connectivity index (χ4v) is 5.66. The second kappa shape index (κ2) is 11.8. The highest BCUT2D eigenvalue weighted by molar-refractivity contribution is 7.80. The Morgan fingerprint density at radius 3 is 2.38 bits per heavy atom. The third-order valence-corrected chi connectivity index (χ3v) is 7.68. The molecule has 0 aromatic heterocycles. The number of thiocarbonyl (C=S) groups is 1. The number of benzene rings is 1. The van der Waals surface area contributed by atoms with E-state index >= 15 is 0 Å². The van der Waals surface area contributed by atoms with Gasteiger partial charge >= 0.3 is 6.18 Å². The molecule has 0 saturated carbocycles. The third-order valence-electron chi connectivity index (χ3n) is 7.28. The predicted molar refractivity (Wildman–Crippen MR) is 139 cm³/mol. The molecule has 1 aromatic carbocycles. The molecular formula is C26H34F3N5O2S. The van der Waals surface area contributed by atoms with E-state index in [1.807, 2.05) is 0 Å². The van der Waals surface area contributed by atoms with Crippen LogP contribution >= 0.6 is 12.2 Å². The van der Waals surface area contributed by atoms with Gasteiger partial charge in [-0.3, -0.25) is 19.4 Å². The zero-order valence-electron chi connectivity index (χ0n) is 21.3. The summed E-state index contributed by atoms with van der Waals surface area (Å²) in [5, 5.41) is 9.22. The molecule has 7 nitrogen and oxygen atoms in total. The van der Waals surface area contributed by atoms with E-state index in [1.54, 1.807) is 24.8 Å². The Kier molecular flexibility index (Phi) is 9.18. The van der Waals surface area contributed by atoms with E-state index in [9.17, 15) is 22.8 Å². The highest BCUT2D eigenvalue weighted by Crippen LogP contribution is 2.38. The van der Waals surface area contributed by atoms with Crippen molar-refractivity contribution in [1.82, 2.24) is 9.80 Å². The van der Waals surface area contributed by atoms with Gasteiger partial charge in [-0.15, -0.1) is 0 Å². The number of nitrogens with zero attached hydrogens (tertiary/aromatic N) is 4. The maximum atomic E-state index is 13.5. The van der Waals surface area contributed by atoms with E-state index in [0.717, 1.165) is 81.5 Å². The first kappa shape index (κ1) is 28.9. The standard InChI is InChI=1S/C26H34F3N5O2S/c1-25(2)23(36)34(19-12-11-18(17-30)20(16-19)26(27,28)29)24(37)33(25)15-8-6-4-3-5-7-13-32-14-9-10-21(32)22(31)35/h11-12,16,21H,3-10,13-15H2,1-2H3,(H2,31,35)/t21-/m1/s1. The number of anilines is 1. The number of hydrogen-bond acceptors (Lipinski definition) is 5. The molecule has 2 aliphatic rings. The lowest BCUT2D eigenvalue weighted by Crippen LogP contribution is -2.44. The average Bonchev–Trinajstić information content (AvgIpc) is 3.36. The van der Waals surface area contributed by atoms with Crippen molar-refractivity contribution in [3.63, 3.8) is 0 Å². The Bertz CT molecular complexity index is 1070. The van der Waals surface area contributed by atoms with E-state index in [1.165, 1.54) is 6.07 Å². The number of hydrogen-bond donors (Lipinski definition) is 1. The van der Waals surface area contributed by atoms with Crippen LogP contribution in [0.25, 0.3) is 0 Å². The van der Waals surface area contributed by atoms with Crippen molar-refractivity contribution in [3.05, 3.63) is 29.3 Å². The van der Waals surface area contributed by atoms with Gasteiger partial charge in [0, 0.05) is 6.54 Å². The SMILES string of the molecule is CC1(C)C(=O)N(c2ccc(C#N)c(C(F)(F)F)c2)C(=S)N1CCCCCCCCN1CCC[C@@H]1C(N)=O. The normalized spacial score (nSPS) is 20.1. The molecule has 2 amide bonds. The van der Waals surface area contributed by atoms with Gasteiger partial charge in [-0.1, -0.05) is 25.7 Å². The van der Waals surface area contributed by atoms with Crippen LogP contribution < -0.4 is 10.6 Å². The second-order valence-corrected chi connectivity index (χ2v) is 10.6. The van der Waals surface area contributed by atoms with Crippen LogP contribution in [0.15, 0.2) is 18.2 Å². The molecule has 2 saturated heterocycles. The molecule has 1 atom stereocenters. The summed E-state index contributed by atoms with van der Waals surface area (Å²) in [6.07, 6.45) is 3.01. The summed E-state index contributed by atoms with van der Waals surface area (Å²) in [6, 6.07) is 4.64. The molecule has 0 radical (unpaired) electrons. The van der Waals surface area contributed by atoms with Crippen molar-refractivity contribution < 1.29 is 22.8 Å². The van der Waals surface area contributed by atoms with Crippen LogP contribution in [0.1, 0.15) is 76.3 Å². The Hall–Kier alpha value is -2.71. The van der Waals surface area contributed by atoms with Crippen LogP contribution in [0, 0.1) is 11.3 Å². The number of nitrogens with two attached hydrogens (primary N) is 1. The van der Waals surface area contributed by atoms with Gasteiger partial charge in [0.15, 0.2) is 5.11 Å². The molecule has 37 heavy (non-hydrogen) atoms. The summed E-state index contributed by atoms with van der Waals surface area (Å²) >= 11 is 5.53. The van der Waals surface area contributed by atoms with Crippen molar-refractivity contribution in [3.8, 4) is 6.07 Å². The fraction of sp³-hybridized carbons (Fsp3) is 0.615. The van der Waals surface area contributed by atoms with Crippen molar-refractivity contribution in [2.24, 2.45) is 5.73 Å². The Balaban J connectivity index is 1.50. The first-order chi connectivity index (χ1) is 17.4. The van der Waals surface area contributed by atoms with Gasteiger partial charge in [0.1, 0.15) is 5.54 Å². The number of carbonyl (C=O) groups excluding carboxylic acids is 2. The number of likely N-dealkylation sites (tertiary alicyclic amines) is 1. The highest BCUT2D eigenvalue weighted by Gasteiger charge is 2.49. The summed E-state index contributed by atoms with van der Waals surface area (Å²) in [4.78, 5) is 29.7. The van der Waals surface area contributed by atoms with Crippen molar-refractivity contribution in [2.45, 2.75) is 83.0 Å². The molecule has 202 valence electrons. The van der Waals surface area contributed by atoms with Crippen LogP contribution in [-0.4, -0.2) is 57.9 Å². The summed E-state index contributed by atoms with van der Waals surface area (Å²) < 4.78 is 40.4. The van der Waals surface area contributed by atoms with E-state index < -0.39 is 28.7 Å². The molecular weight excluding hydrogens is 503 g/mol. The molecule has 0 aliphatic carbocycles. The minimum absolute atomic E-state index is 0.00785. The first-order valence-electron chi connectivity index (χ1n) is 12.7. The molecule has 2 heterocycles. The largest absolute Gasteiger partial charge is 0.417 e. The number of rotatable bonds is 11. The highest BCUT2D eigenvalue weighted by atomic mass is 32.1. The molecule has 11 heteroatoms. The molecule has 1 aromatic rings. The molecule has 3 rings (SSSR count). The van der Waals surface area contributed by atoms with Crippen LogP contribution in [0.2, 0.25) is 0 Å². The number of nitriles is 1. The van der Waals surface area contributed by atoms with E-state index in [2.05, 4.69) is 4.90 Å². The van der Waals surface area contributed by atoms with Gasteiger partial charge in [-0.2, -0.15) is 18.4 Å². The predicted octanol–water partition coefficient (Wildman–Crippen LogP) is 4.58. The summed E-state index contributed by atoms with van der Waals surface area (Å²) in [7, 11) is 0. The lowest BCUT2D eigenvalue weighted by atomic mass is 10.0. The summed E-state index contributed by atoms with van der Waals surface area (Å²) in [5.41, 5.74) is 2.89. The lowest BCUT2D eigenvalue weighted by molar-refractivity contribution is -0.137. The summed E-state index contributed by atoms with van der Waals surface area (Å²) in [5.74, 6) is -0.635. The molecule has 0 unspecified atom stereocenters. The van der Waals surface area contributed by atoms with Crippen LogP contribution in [-0.2, 0) is 15.8 Å². The van der Waals surface area contributed by atoms with Crippen molar-refractivity contribution in [1.29, 1.82) is 5.26 Å². The fourth-order valence-electron chi connectivity index (χ4n) is 5.15. The van der Waals surface area contributed by atoms with E-state index in [4.69, 9.17) is 23.2 Å². The van der Waals surface area contributed by atoms with Gasteiger partial charge in [0.05, 0.1) is 28.9 Å². The van der Waals surface area contributed by atoms with Crippen LogP contribution in [0.5, 0.6) is 0 Å². The second-order valence-electron chi connectivity index (χ2n) is 10.2. The van der Waals surface area contributed by atoms with Gasteiger partial charge < -0.3 is 10.6 Å². The molecule has 2 N–H and O–H groups in total. The van der Waals surface area contributed by atoms with E-state index in [0.29, 0.717) is 6.54 Å². The lowest BCUT2D eigenvalue weighted by Gasteiger charge is -2.29. The Labute approximate surface area is 221 Å². The van der Waals surface area contributed by atoms with E-state index in [-0.39, 0.29) is 22.7 Å². The monoisotopic (exact) mass is 537 g/mol. The van der Waals surface area contributed by atoms with Crippen LogP contribution in [0.4, 0.5) is 18.9 Å². The number of halogens is 3. The molecule has 2 fully saturated rings. The number of amides is 2. The third kappa shape index (κ3) is 6.41. The maximum absolute atomic E-state index is 13.5. The Morgan fingerprint density at radius 2 is 1.78 bits per heavy atom.